The topological polar surface area (TPSA) is 520 Å². The minimum atomic E-state index is -2.25. The fourth-order valence-electron chi connectivity index (χ4n) is 12.8. The maximum Gasteiger partial charge on any atom is 0.330 e. The molecular weight excluding hydrogens is 1360 g/mol. The van der Waals surface area contributed by atoms with E-state index in [9.17, 15) is 75.0 Å². The summed E-state index contributed by atoms with van der Waals surface area (Å²) in [5, 5.41) is 123. The molecule has 2 fully saturated rings. The highest BCUT2D eigenvalue weighted by Gasteiger charge is 2.51. The SMILES string of the molecule is CC(C)C[C@@H](N)C(=O)NC1C(=O)C[C@@H](CC(N)=O)C(=O)N[C@H]2C(=O)CC3C(=O)N[C@H](C(=O)N[C@@H](C(=O)O)c4cc(O)cc(O)c4-c4cc3ccc4O)[C@H](O)c3ccc(c(Cl)c3)Oc3cc2cc(c3OC2OC(CO)C(O)C(O)C2OC2CC(C)(N)C(O)C(C)O2)Oc2ccc(cc2Cl)[C@H]1O. The lowest BCUT2D eigenvalue weighted by Gasteiger charge is -2.47. The van der Waals surface area contributed by atoms with Crippen molar-refractivity contribution in [3.05, 3.63) is 117 Å². The van der Waals surface area contributed by atoms with E-state index in [0.29, 0.717) is 0 Å². The number of nitrogens with one attached hydrogen (secondary N) is 4. The van der Waals surface area contributed by atoms with E-state index in [2.05, 4.69) is 21.3 Å². The van der Waals surface area contributed by atoms with Gasteiger partial charge in [-0.2, -0.15) is 0 Å². The molecular formula is C67H75Cl2N7O24. The molecule has 11 unspecified atom stereocenters. The minimum Gasteiger partial charge on any atom is -0.508 e. The second-order valence-electron chi connectivity index (χ2n) is 26.1. The van der Waals surface area contributed by atoms with Crippen LogP contribution in [0.1, 0.15) is 118 Å². The molecule has 5 amide bonds. The largest absolute Gasteiger partial charge is 0.508 e. The summed E-state index contributed by atoms with van der Waals surface area (Å²) in [6.07, 6.45) is -20.5. The number of amides is 5. The first-order valence-electron chi connectivity index (χ1n) is 31.6. The number of phenolic OH excluding ortho intramolecular Hbond substituents is 3. The summed E-state index contributed by atoms with van der Waals surface area (Å²) in [4.78, 5) is 117. The van der Waals surface area contributed by atoms with Gasteiger partial charge >= 0.3 is 5.97 Å². The zero-order valence-corrected chi connectivity index (χ0v) is 55.3. The number of aliphatic hydroxyl groups excluding tert-OH is 6. The van der Waals surface area contributed by atoms with Gasteiger partial charge in [0.2, 0.25) is 41.6 Å². The molecule has 0 spiro atoms. The third-order valence-corrected chi connectivity index (χ3v) is 18.6. The van der Waals surface area contributed by atoms with Crippen LogP contribution >= 0.6 is 23.2 Å². The van der Waals surface area contributed by atoms with Gasteiger partial charge < -0.3 is 118 Å². The van der Waals surface area contributed by atoms with Crippen LogP contribution in [0.5, 0.6) is 46.0 Å². The van der Waals surface area contributed by atoms with Crippen LogP contribution in [0.4, 0.5) is 0 Å². The average Bonchev–Trinajstić information content (AvgIpc) is 0.768. The Balaban J connectivity index is 1.24. The van der Waals surface area contributed by atoms with Gasteiger partial charge in [-0.25, -0.2) is 4.79 Å². The number of aromatic hydroxyl groups is 3. The second kappa shape index (κ2) is 29.8. The Bertz CT molecular complexity index is 4050. The number of rotatable bonds is 12. The molecule has 5 aromatic rings. The lowest BCUT2D eigenvalue weighted by Crippen LogP contribution is -2.64. The van der Waals surface area contributed by atoms with Crippen molar-refractivity contribution in [3.63, 3.8) is 0 Å². The van der Waals surface area contributed by atoms with Crippen molar-refractivity contribution in [1.82, 2.24) is 21.3 Å². The van der Waals surface area contributed by atoms with Crippen molar-refractivity contribution in [3.8, 4) is 57.1 Å². The van der Waals surface area contributed by atoms with Gasteiger partial charge in [-0.1, -0.05) is 55.2 Å². The van der Waals surface area contributed by atoms with Gasteiger partial charge in [-0.15, -0.1) is 0 Å². The van der Waals surface area contributed by atoms with Crippen molar-refractivity contribution in [2.24, 2.45) is 29.0 Å². The Kier molecular flexibility index (Phi) is 22.0. The van der Waals surface area contributed by atoms with Crippen LogP contribution in [0.3, 0.4) is 0 Å². The van der Waals surface area contributed by atoms with Crippen LogP contribution in [0.25, 0.3) is 11.1 Å². The maximum absolute atomic E-state index is 16.1. The number of Topliss-reactive ketones (excluding diaryl/α,β-unsaturated/α-hetero) is 2. The highest BCUT2D eigenvalue weighted by atomic mass is 35.5. The highest BCUT2D eigenvalue weighted by Crippen LogP contribution is 2.50. The van der Waals surface area contributed by atoms with E-state index >= 15 is 14.4 Å². The van der Waals surface area contributed by atoms with E-state index < -0.39 is 244 Å². The number of ether oxygens (including phenoxy) is 6. The maximum atomic E-state index is 16.1. The molecule has 0 radical (unpaired) electrons. The number of aliphatic carboxylic acids is 1. The van der Waals surface area contributed by atoms with Crippen molar-refractivity contribution >= 4 is 70.3 Å². The molecule has 5 aromatic carbocycles. The van der Waals surface area contributed by atoms with Gasteiger partial charge in [0.25, 0.3) is 0 Å². The van der Waals surface area contributed by atoms with Gasteiger partial charge in [0.15, 0.2) is 41.5 Å². The number of carbonyl (C=O) groups is 8. The fourth-order valence-corrected chi connectivity index (χ4v) is 13.3. The number of fused-ring (bicyclic) bond motifs is 15. The first-order chi connectivity index (χ1) is 47.1. The average molecular weight is 1430 g/mol. The molecule has 31 nitrogen and oxygen atoms in total. The number of phenols is 3. The van der Waals surface area contributed by atoms with Crippen LogP contribution in [0, 0.1) is 11.8 Å². The highest BCUT2D eigenvalue weighted by molar-refractivity contribution is 6.32. The summed E-state index contributed by atoms with van der Waals surface area (Å²) in [5.74, 6) is -18.9. The summed E-state index contributed by atoms with van der Waals surface area (Å²) in [7, 11) is 0. The predicted molar refractivity (Wildman–Crippen MR) is 347 cm³/mol. The first-order valence-corrected chi connectivity index (χ1v) is 32.4. The molecule has 20 N–H and O–H groups in total. The quantitative estimate of drug-likeness (QED) is 0.0847. The smallest absolute Gasteiger partial charge is 0.330 e. The van der Waals surface area contributed by atoms with Crippen molar-refractivity contribution < 1.29 is 118 Å². The van der Waals surface area contributed by atoms with E-state index in [4.69, 9.17) is 68.8 Å². The number of primary amides is 1. The lowest BCUT2D eigenvalue weighted by atomic mass is 9.84. The molecule has 18 atom stereocenters. The van der Waals surface area contributed by atoms with E-state index in [1.165, 1.54) is 26.0 Å². The number of carboxylic acids is 1. The molecule has 0 saturated carbocycles. The number of nitrogens with two attached hydrogens (primary N) is 3. The number of hydrogen-bond donors (Lipinski definition) is 17. The third kappa shape index (κ3) is 15.6. The number of halogens is 2. The third-order valence-electron chi connectivity index (χ3n) is 18.1. The fraction of sp³-hybridized carbons (Fsp3) is 0.433. The molecule has 0 aliphatic carbocycles. The van der Waals surface area contributed by atoms with Gasteiger partial charge in [0.1, 0.15) is 77.4 Å². The Morgan fingerprint density at radius 3 is 1.96 bits per heavy atom. The number of carbonyl (C=O) groups excluding carboxylic acids is 7. The summed E-state index contributed by atoms with van der Waals surface area (Å²) in [6, 6.07) is 4.10. The van der Waals surface area contributed by atoms with Crippen LogP contribution in [-0.2, 0) is 52.6 Å². The standard InChI is InChI=1S/C67H75Cl2N7O24/c1-24(2)11-37(70)63(91)75-52-40(81)15-30(18-47(71)83)61(89)73-50-29-16-44(96-42-9-6-27(54(52)84)13-35(42)68)58(100-66-59(57(87)56(86)46(23-77)98-66)99-48-22-67(4,72)60(88)25(3)95-48)45(17-29)97-43-10-7-28(14-36(43)69)55(85)53-64(92)74-51(65(93)94)34-19-31(78)20-39(80)49(34)33-12-26(5-8-38(33)79)32(21-41(50)82)62(90)76-53/h5-10,12-14,16-17,19-20,24-25,30,32,37,46,48,50-57,59-60,66,77-80,84-88H,11,15,18,21-23,70,72H2,1-4H3,(H2,71,83)(H,73,89)(H,74,92)(H,75,91)(H,76,90)(H,93,94)/t25?,30-,32?,37+,46?,48?,50+,51+,52?,53-,54+,55+,56?,57?,59?,60?,66?,67?/m0/s1. The predicted octanol–water partition coefficient (Wildman–Crippen LogP) is 1.82. The number of aliphatic hydroxyl groups is 6. The van der Waals surface area contributed by atoms with E-state index in [1.54, 1.807) is 13.8 Å². The second-order valence-corrected chi connectivity index (χ2v) is 26.9. The van der Waals surface area contributed by atoms with Gasteiger partial charge in [-0.05, 0) is 103 Å². The van der Waals surface area contributed by atoms with Crippen molar-refractivity contribution in [2.75, 3.05) is 6.61 Å². The van der Waals surface area contributed by atoms with Crippen LogP contribution in [-0.4, -0.2) is 178 Å². The van der Waals surface area contributed by atoms with Crippen LogP contribution in [0.15, 0.2) is 78.9 Å². The Morgan fingerprint density at radius 2 is 1.37 bits per heavy atom. The van der Waals surface area contributed by atoms with Gasteiger partial charge in [-0.3, -0.25) is 33.6 Å². The first kappa shape index (κ1) is 73.9. The van der Waals surface area contributed by atoms with Gasteiger partial charge in [0, 0.05) is 54.0 Å². The summed E-state index contributed by atoms with van der Waals surface area (Å²) >= 11 is 14.1. The van der Waals surface area contributed by atoms with E-state index in [0.717, 1.165) is 66.7 Å². The molecule has 12 rings (SSSR count). The van der Waals surface area contributed by atoms with Crippen LogP contribution in [0.2, 0.25) is 10.0 Å². The molecule has 7 heterocycles. The number of ketones is 2. The molecule has 100 heavy (non-hydrogen) atoms. The number of benzene rings is 5. The lowest BCUT2D eigenvalue weighted by molar-refractivity contribution is -0.333. The number of hydrogen-bond acceptors (Lipinski definition) is 25. The summed E-state index contributed by atoms with van der Waals surface area (Å²) in [6.45, 7) is 5.59. The summed E-state index contributed by atoms with van der Waals surface area (Å²) < 4.78 is 38.4. The zero-order chi connectivity index (χ0) is 72.8. The Morgan fingerprint density at radius 1 is 0.740 bits per heavy atom. The monoisotopic (exact) mass is 1430 g/mol. The van der Waals surface area contributed by atoms with Crippen LogP contribution < -0.4 is 52.7 Å². The summed E-state index contributed by atoms with van der Waals surface area (Å²) in [5.41, 5.74) is 14.6. The van der Waals surface area contributed by atoms with Crippen molar-refractivity contribution in [1.29, 1.82) is 0 Å². The molecule has 11 bridgehead atoms. The molecule has 7 aliphatic heterocycles. The molecule has 0 aromatic heterocycles. The molecule has 33 heteroatoms. The Labute approximate surface area is 579 Å². The zero-order valence-electron chi connectivity index (χ0n) is 53.8. The molecule has 2 saturated heterocycles. The van der Waals surface area contributed by atoms with Crippen molar-refractivity contribution in [2.45, 2.75) is 163 Å². The molecule has 7 aliphatic rings. The normalized spacial score (nSPS) is 29.8. The Hall–Kier alpha value is -8.80. The van der Waals surface area contributed by atoms with Gasteiger partial charge in [0.05, 0.1) is 46.7 Å². The minimum absolute atomic E-state index is 0.100. The number of carboxylic acid groups (broad SMARTS) is 1. The molecule has 536 valence electrons. The van der Waals surface area contributed by atoms with E-state index in [-0.39, 0.29) is 52.0 Å². The van der Waals surface area contributed by atoms with E-state index in [1.807, 2.05) is 0 Å².